The molecule has 0 radical (unpaired) electrons. The maximum Gasteiger partial charge on any atom is 0.309 e. The number of carbonyl (C=O) groups excluding carboxylic acids is 2. The van der Waals surface area contributed by atoms with Gasteiger partial charge in [0.05, 0.1) is 5.92 Å². The highest BCUT2D eigenvalue weighted by atomic mass is 16.5. The van der Waals surface area contributed by atoms with Crippen molar-refractivity contribution in [2.24, 2.45) is 17.8 Å². The van der Waals surface area contributed by atoms with E-state index in [0.29, 0.717) is 5.92 Å². The average Bonchev–Trinajstić information content (AvgIpc) is 2.44. The van der Waals surface area contributed by atoms with Crippen LogP contribution in [0.25, 0.3) is 0 Å². The Morgan fingerprint density at radius 3 is 2.19 bits per heavy atom. The Bertz CT molecular complexity index is 451. The summed E-state index contributed by atoms with van der Waals surface area (Å²) in [6.07, 6.45) is 1.13. The van der Waals surface area contributed by atoms with Gasteiger partial charge >= 0.3 is 5.97 Å². The summed E-state index contributed by atoms with van der Waals surface area (Å²) in [5.41, 5.74) is 0.956. The summed E-state index contributed by atoms with van der Waals surface area (Å²) in [7, 11) is 0. The molecule has 0 fully saturated rings. The van der Waals surface area contributed by atoms with Gasteiger partial charge in [0.15, 0.2) is 0 Å². The SMILES string of the molecule is CC(C)C[C@H](C)C(=O)C[C@@H](C)C(=O)OCc1ccccc1. The lowest BCUT2D eigenvalue weighted by atomic mass is 9.90. The van der Waals surface area contributed by atoms with Crippen LogP contribution in [0.2, 0.25) is 0 Å². The zero-order valence-corrected chi connectivity index (χ0v) is 13.5. The second-order valence-corrected chi connectivity index (χ2v) is 6.20. The van der Waals surface area contributed by atoms with Gasteiger partial charge in [-0.05, 0) is 17.9 Å². The first-order valence-corrected chi connectivity index (χ1v) is 7.63. The van der Waals surface area contributed by atoms with Crippen LogP contribution in [0, 0.1) is 17.8 Å². The van der Waals surface area contributed by atoms with E-state index >= 15 is 0 Å². The molecule has 0 aliphatic heterocycles. The van der Waals surface area contributed by atoms with E-state index in [2.05, 4.69) is 13.8 Å². The second-order valence-electron chi connectivity index (χ2n) is 6.20. The van der Waals surface area contributed by atoms with Crippen LogP contribution < -0.4 is 0 Å². The van der Waals surface area contributed by atoms with E-state index in [0.717, 1.165) is 12.0 Å². The fraction of sp³-hybridized carbons (Fsp3) is 0.556. The Morgan fingerprint density at radius 2 is 1.62 bits per heavy atom. The zero-order chi connectivity index (χ0) is 15.8. The van der Waals surface area contributed by atoms with Crippen molar-refractivity contribution >= 4 is 11.8 Å². The largest absolute Gasteiger partial charge is 0.461 e. The first-order chi connectivity index (χ1) is 9.90. The molecular formula is C18H26O3. The number of esters is 1. The molecular weight excluding hydrogens is 264 g/mol. The molecule has 0 aromatic heterocycles. The molecule has 0 spiro atoms. The second kappa shape index (κ2) is 8.60. The Balaban J connectivity index is 2.38. The summed E-state index contributed by atoms with van der Waals surface area (Å²) in [5.74, 6) is -0.0358. The standard InChI is InChI=1S/C18H26O3/c1-13(2)10-14(3)17(19)11-15(4)18(20)21-12-16-8-6-5-7-9-16/h5-9,13-15H,10-12H2,1-4H3/t14-,15+/m0/s1. The predicted octanol–water partition coefficient (Wildman–Crippen LogP) is 4.01. The van der Waals surface area contributed by atoms with Crippen LogP contribution in [0.15, 0.2) is 30.3 Å². The topological polar surface area (TPSA) is 43.4 Å². The van der Waals surface area contributed by atoms with Gasteiger partial charge in [-0.1, -0.05) is 58.0 Å². The van der Waals surface area contributed by atoms with Crippen LogP contribution in [0.3, 0.4) is 0 Å². The van der Waals surface area contributed by atoms with Crippen molar-refractivity contribution in [1.29, 1.82) is 0 Å². The molecule has 116 valence electrons. The van der Waals surface area contributed by atoms with Crippen LogP contribution in [0.4, 0.5) is 0 Å². The monoisotopic (exact) mass is 290 g/mol. The molecule has 0 N–H and O–H groups in total. The van der Waals surface area contributed by atoms with E-state index in [-0.39, 0.29) is 36.6 Å². The number of ether oxygens (including phenoxy) is 1. The van der Waals surface area contributed by atoms with Gasteiger partial charge in [-0.25, -0.2) is 0 Å². The van der Waals surface area contributed by atoms with Crippen LogP contribution in [-0.2, 0) is 20.9 Å². The summed E-state index contributed by atoms with van der Waals surface area (Å²) >= 11 is 0. The highest BCUT2D eigenvalue weighted by Crippen LogP contribution is 2.17. The molecule has 0 heterocycles. The van der Waals surface area contributed by atoms with E-state index in [1.165, 1.54) is 0 Å². The Kier molecular flexibility index (Phi) is 7.13. The molecule has 3 nitrogen and oxygen atoms in total. The van der Waals surface area contributed by atoms with Gasteiger partial charge in [-0.3, -0.25) is 9.59 Å². The summed E-state index contributed by atoms with van der Waals surface area (Å²) in [6.45, 7) is 8.15. The summed E-state index contributed by atoms with van der Waals surface area (Å²) in [4.78, 5) is 24.0. The minimum atomic E-state index is -0.379. The third-order valence-electron chi connectivity index (χ3n) is 3.51. The Morgan fingerprint density at radius 1 is 1.00 bits per heavy atom. The van der Waals surface area contributed by atoms with E-state index < -0.39 is 0 Å². The maximum absolute atomic E-state index is 12.1. The molecule has 3 heteroatoms. The molecule has 0 aliphatic rings. The van der Waals surface area contributed by atoms with Crippen molar-refractivity contribution in [3.8, 4) is 0 Å². The molecule has 2 atom stereocenters. The van der Waals surface area contributed by atoms with Crippen LogP contribution >= 0.6 is 0 Å². The molecule has 0 amide bonds. The predicted molar refractivity (Wildman–Crippen MR) is 83.6 cm³/mol. The number of Topliss-reactive ketones (excluding diaryl/α,β-unsaturated/α-hetero) is 1. The number of ketones is 1. The van der Waals surface area contributed by atoms with Gasteiger partial charge in [0.25, 0.3) is 0 Å². The zero-order valence-electron chi connectivity index (χ0n) is 13.5. The third-order valence-corrected chi connectivity index (χ3v) is 3.51. The van der Waals surface area contributed by atoms with Crippen molar-refractivity contribution in [2.45, 2.75) is 47.1 Å². The highest BCUT2D eigenvalue weighted by molar-refractivity contribution is 5.85. The summed E-state index contributed by atoms with van der Waals surface area (Å²) < 4.78 is 5.26. The molecule has 1 aromatic rings. The van der Waals surface area contributed by atoms with Crippen molar-refractivity contribution in [3.63, 3.8) is 0 Å². The van der Waals surface area contributed by atoms with E-state index in [1.54, 1.807) is 6.92 Å². The first kappa shape index (κ1) is 17.4. The van der Waals surface area contributed by atoms with Gasteiger partial charge in [-0.15, -0.1) is 0 Å². The number of hydrogen-bond donors (Lipinski definition) is 0. The van der Waals surface area contributed by atoms with E-state index in [1.807, 2.05) is 37.3 Å². The average molecular weight is 290 g/mol. The number of rotatable bonds is 8. The van der Waals surface area contributed by atoms with Gasteiger partial charge in [0.2, 0.25) is 0 Å². The molecule has 1 aromatic carbocycles. The molecule has 0 saturated carbocycles. The quantitative estimate of drug-likeness (QED) is 0.679. The lowest BCUT2D eigenvalue weighted by Crippen LogP contribution is -2.22. The van der Waals surface area contributed by atoms with Gasteiger partial charge in [0.1, 0.15) is 12.4 Å². The molecule has 0 aliphatic carbocycles. The summed E-state index contributed by atoms with van der Waals surface area (Å²) in [5, 5.41) is 0. The minimum Gasteiger partial charge on any atom is -0.461 e. The summed E-state index contributed by atoms with van der Waals surface area (Å²) in [6, 6.07) is 9.55. The number of benzene rings is 1. The fourth-order valence-corrected chi connectivity index (χ4v) is 2.30. The first-order valence-electron chi connectivity index (χ1n) is 7.63. The van der Waals surface area contributed by atoms with Gasteiger partial charge < -0.3 is 4.74 Å². The van der Waals surface area contributed by atoms with Crippen LogP contribution in [0.5, 0.6) is 0 Å². The van der Waals surface area contributed by atoms with Gasteiger partial charge in [0, 0.05) is 12.3 Å². The Hall–Kier alpha value is -1.64. The lowest BCUT2D eigenvalue weighted by molar-refractivity contribution is -0.151. The van der Waals surface area contributed by atoms with Crippen molar-refractivity contribution in [1.82, 2.24) is 0 Å². The number of hydrogen-bond acceptors (Lipinski definition) is 3. The molecule has 1 rings (SSSR count). The number of carbonyl (C=O) groups is 2. The maximum atomic E-state index is 12.1. The van der Waals surface area contributed by atoms with Crippen molar-refractivity contribution < 1.29 is 14.3 Å². The molecule has 0 unspecified atom stereocenters. The molecule has 0 bridgehead atoms. The van der Waals surface area contributed by atoms with E-state index in [4.69, 9.17) is 4.74 Å². The van der Waals surface area contributed by atoms with Crippen LogP contribution in [0.1, 0.15) is 46.1 Å². The van der Waals surface area contributed by atoms with Gasteiger partial charge in [-0.2, -0.15) is 0 Å². The highest BCUT2D eigenvalue weighted by Gasteiger charge is 2.22. The molecule has 21 heavy (non-hydrogen) atoms. The van der Waals surface area contributed by atoms with E-state index in [9.17, 15) is 9.59 Å². The Labute approximate surface area is 127 Å². The normalized spacial score (nSPS) is 13.8. The van der Waals surface area contributed by atoms with Crippen LogP contribution in [-0.4, -0.2) is 11.8 Å². The lowest BCUT2D eigenvalue weighted by Gasteiger charge is -2.15. The van der Waals surface area contributed by atoms with Crippen molar-refractivity contribution in [3.05, 3.63) is 35.9 Å². The fourth-order valence-electron chi connectivity index (χ4n) is 2.30. The molecule has 0 saturated heterocycles. The van der Waals surface area contributed by atoms with Crippen molar-refractivity contribution in [2.75, 3.05) is 0 Å². The minimum absolute atomic E-state index is 0.00868. The smallest absolute Gasteiger partial charge is 0.309 e. The third kappa shape index (κ3) is 6.56.